The predicted molar refractivity (Wildman–Crippen MR) is 269 cm³/mol. The molecule has 5 nitrogen and oxygen atoms in total. The zero-order valence-corrected chi connectivity index (χ0v) is 38.6. The van der Waals surface area contributed by atoms with Crippen LogP contribution < -0.4 is 4.74 Å². The van der Waals surface area contributed by atoms with Gasteiger partial charge in [0, 0.05) is 54.7 Å². The largest absolute Gasteiger partial charge is 0.457 e. The number of fused-ring (bicyclic) bond motifs is 3. The lowest BCUT2D eigenvalue weighted by Gasteiger charge is -2.24. The molecule has 0 aliphatic rings. The number of aryl methyl sites for hydroxylation is 3. The van der Waals surface area contributed by atoms with Gasteiger partial charge in [-0.25, -0.2) is 9.67 Å². The van der Waals surface area contributed by atoms with Gasteiger partial charge in [-0.1, -0.05) is 141 Å². The molecule has 6 aromatic carbocycles. The van der Waals surface area contributed by atoms with Crippen LogP contribution >= 0.6 is 0 Å². The quantitative estimate of drug-likeness (QED) is 0.160. The van der Waals surface area contributed by atoms with Crippen molar-refractivity contribution in [2.75, 3.05) is 0 Å². The van der Waals surface area contributed by atoms with Gasteiger partial charge in [0.15, 0.2) is 0 Å². The summed E-state index contributed by atoms with van der Waals surface area (Å²) in [5.41, 5.74) is 10.3. The minimum Gasteiger partial charge on any atom is -0.457 e. The van der Waals surface area contributed by atoms with E-state index in [0.29, 0.717) is 28.3 Å². The molecule has 3 aromatic heterocycles. The van der Waals surface area contributed by atoms with E-state index in [1.165, 1.54) is 5.56 Å². The second-order valence-electron chi connectivity index (χ2n) is 20.2. The van der Waals surface area contributed by atoms with Crippen LogP contribution in [-0.4, -0.2) is 19.3 Å². The van der Waals surface area contributed by atoms with E-state index in [9.17, 15) is 0 Å². The van der Waals surface area contributed by atoms with E-state index in [-0.39, 0.29) is 27.5 Å². The highest BCUT2D eigenvalue weighted by molar-refractivity contribution is 6.09. The van der Waals surface area contributed by atoms with Crippen molar-refractivity contribution < 1.29 is 13.0 Å². The molecule has 0 saturated heterocycles. The third-order valence-electron chi connectivity index (χ3n) is 12.3. The van der Waals surface area contributed by atoms with Crippen LogP contribution in [0.4, 0.5) is 0 Å². The van der Waals surface area contributed by atoms with Crippen molar-refractivity contribution >= 4 is 21.8 Å². The maximum atomic E-state index is 8.80. The topological polar surface area (TPSA) is 44.9 Å². The Bertz CT molecular complexity index is 3410. The molecular weight excluding hydrogens is 781 g/mol. The van der Waals surface area contributed by atoms with Gasteiger partial charge in [0.2, 0.25) is 0 Å². The van der Waals surface area contributed by atoms with E-state index in [2.05, 4.69) is 108 Å². The molecule has 0 atom stereocenters. The van der Waals surface area contributed by atoms with Crippen molar-refractivity contribution in [1.82, 2.24) is 19.3 Å². The Balaban J connectivity index is 1.24. The summed E-state index contributed by atoms with van der Waals surface area (Å²) in [6, 6.07) is 41.9. The fourth-order valence-corrected chi connectivity index (χ4v) is 8.79. The van der Waals surface area contributed by atoms with Crippen molar-refractivity contribution in [1.29, 1.82) is 0 Å². The maximum absolute atomic E-state index is 8.80. The SMILES string of the molecule is [2H]C([2H])([2H])c1cc(C(C)(C)C)cc(C([2H])([2H])[2H])c1-c1cc(Oc2ccc3c4ccccc4n(-c4cc(C(C)(C)C)c(-c5ccccc5)cn4)c3c2)cc(-n2cc(-c3ccc(C(C)(C)C)cc3C)cn2)c1. The molecule has 322 valence electrons. The number of para-hydroxylation sites is 1. The second-order valence-corrected chi connectivity index (χ2v) is 20.2. The number of hydrogen-bond acceptors (Lipinski definition) is 3. The van der Waals surface area contributed by atoms with Crippen molar-refractivity contribution in [3.05, 3.63) is 179 Å². The van der Waals surface area contributed by atoms with Gasteiger partial charge in [0.1, 0.15) is 17.3 Å². The van der Waals surface area contributed by atoms with Crippen molar-refractivity contribution in [2.45, 2.75) is 99.2 Å². The molecule has 0 amide bonds. The summed E-state index contributed by atoms with van der Waals surface area (Å²) in [4.78, 5) is 5.12. The second kappa shape index (κ2) is 15.8. The summed E-state index contributed by atoms with van der Waals surface area (Å²) in [5.74, 6) is 1.65. The third kappa shape index (κ3) is 8.05. The van der Waals surface area contributed by atoms with E-state index in [4.69, 9.17) is 23.0 Å². The minimum atomic E-state index is -2.65. The number of pyridine rings is 1. The zero-order chi connectivity index (χ0) is 50.3. The van der Waals surface area contributed by atoms with Crippen LogP contribution in [0.1, 0.15) is 104 Å². The van der Waals surface area contributed by atoms with Gasteiger partial charge in [0.05, 0.1) is 22.9 Å². The van der Waals surface area contributed by atoms with E-state index in [1.807, 2.05) is 87.9 Å². The molecule has 9 rings (SSSR count). The Morgan fingerprint density at radius 1 is 0.531 bits per heavy atom. The van der Waals surface area contributed by atoms with E-state index < -0.39 is 19.1 Å². The Hall–Kier alpha value is -6.72. The monoisotopic (exact) mass is 847 g/mol. The van der Waals surface area contributed by atoms with Crippen LogP contribution in [-0.2, 0) is 16.2 Å². The number of nitrogens with zero attached hydrogens (tertiary/aromatic N) is 4. The molecule has 0 N–H and O–H groups in total. The molecule has 0 radical (unpaired) electrons. The standard InChI is InChI=1S/C59H60N4O/c1-37-26-43(57(4,5)6)22-24-48(37)42-34-61-62(36-42)45-29-41(56-38(2)27-44(28-39(56)3)58(7,8)9)30-47(31-45)64-46-23-25-50-49-20-16-17-21-53(49)63(54(50)32-46)55-33-52(59(10,11)12)51(35-60-55)40-18-14-13-15-19-40/h13-36H,1-12H3/i2D3,3D3. The average Bonchev–Trinajstić information content (AvgIpc) is 3.90. The Labute approximate surface area is 387 Å². The van der Waals surface area contributed by atoms with Crippen molar-refractivity contribution in [2.24, 2.45) is 0 Å². The summed E-state index contributed by atoms with van der Waals surface area (Å²) in [5, 5.41) is 6.91. The first-order valence-electron chi connectivity index (χ1n) is 25.0. The lowest BCUT2D eigenvalue weighted by Crippen LogP contribution is -2.14. The number of hydrogen-bond donors (Lipinski definition) is 0. The Morgan fingerprint density at radius 3 is 1.91 bits per heavy atom. The smallest absolute Gasteiger partial charge is 0.137 e. The van der Waals surface area contributed by atoms with Gasteiger partial charge >= 0.3 is 0 Å². The van der Waals surface area contributed by atoms with Crippen LogP contribution in [0, 0.1) is 20.6 Å². The van der Waals surface area contributed by atoms with E-state index >= 15 is 0 Å². The number of ether oxygens (including phenoxy) is 1. The van der Waals surface area contributed by atoms with E-state index in [0.717, 1.165) is 61.0 Å². The lowest BCUT2D eigenvalue weighted by atomic mass is 9.82. The zero-order valence-electron chi connectivity index (χ0n) is 44.6. The summed E-state index contributed by atoms with van der Waals surface area (Å²) in [6.45, 7) is 15.9. The fourth-order valence-electron chi connectivity index (χ4n) is 8.79. The summed E-state index contributed by atoms with van der Waals surface area (Å²) >= 11 is 0. The molecule has 0 aliphatic heterocycles. The maximum Gasteiger partial charge on any atom is 0.137 e. The van der Waals surface area contributed by atoms with Crippen LogP contribution in [0.25, 0.3) is 66.7 Å². The third-order valence-corrected chi connectivity index (χ3v) is 12.3. The normalized spacial score (nSPS) is 14.2. The molecule has 3 heterocycles. The fraction of sp³-hybridized carbons (Fsp3) is 0.254. The van der Waals surface area contributed by atoms with Crippen LogP contribution in [0.2, 0.25) is 0 Å². The number of rotatable bonds is 7. The molecule has 5 heteroatoms. The van der Waals surface area contributed by atoms with Crippen LogP contribution in [0.5, 0.6) is 11.5 Å². The van der Waals surface area contributed by atoms with Gasteiger partial charge in [0.25, 0.3) is 0 Å². The number of benzene rings is 6. The predicted octanol–water partition coefficient (Wildman–Crippen LogP) is 16.0. The highest BCUT2D eigenvalue weighted by Gasteiger charge is 2.24. The first-order valence-corrected chi connectivity index (χ1v) is 22.0. The van der Waals surface area contributed by atoms with Gasteiger partial charge in [-0.05, 0) is 129 Å². The highest BCUT2D eigenvalue weighted by Crippen LogP contribution is 2.41. The summed E-state index contributed by atoms with van der Waals surface area (Å²) in [7, 11) is 0. The molecule has 0 fully saturated rings. The molecule has 9 aromatic rings. The van der Waals surface area contributed by atoms with Gasteiger partial charge in [-0.2, -0.15) is 5.10 Å². The molecule has 64 heavy (non-hydrogen) atoms. The van der Waals surface area contributed by atoms with Crippen LogP contribution in [0.3, 0.4) is 0 Å². The first kappa shape index (κ1) is 35.7. The van der Waals surface area contributed by atoms with Gasteiger partial charge < -0.3 is 4.74 Å². The van der Waals surface area contributed by atoms with Gasteiger partial charge in [-0.15, -0.1) is 0 Å². The highest BCUT2D eigenvalue weighted by atomic mass is 16.5. The first-order chi connectivity index (χ1) is 32.8. The van der Waals surface area contributed by atoms with Gasteiger partial charge in [-0.3, -0.25) is 4.57 Å². The van der Waals surface area contributed by atoms with Crippen molar-refractivity contribution in [3.8, 4) is 56.4 Å². The molecule has 0 spiro atoms. The van der Waals surface area contributed by atoms with E-state index in [1.54, 1.807) is 28.9 Å². The number of aromatic nitrogens is 4. The molecule has 0 saturated carbocycles. The Kier molecular flexibility index (Phi) is 8.82. The summed E-state index contributed by atoms with van der Waals surface area (Å²) < 4.78 is 63.6. The lowest BCUT2D eigenvalue weighted by molar-refractivity contribution is 0.483. The minimum absolute atomic E-state index is 0.0154. The molecular formula is C59H60N4O. The van der Waals surface area contributed by atoms with Crippen molar-refractivity contribution in [3.63, 3.8) is 0 Å². The molecule has 0 bridgehead atoms. The van der Waals surface area contributed by atoms with Crippen LogP contribution in [0.15, 0.2) is 146 Å². The average molecular weight is 847 g/mol. The summed E-state index contributed by atoms with van der Waals surface area (Å²) in [6.07, 6.45) is 5.72. The Morgan fingerprint density at radius 2 is 1.22 bits per heavy atom. The molecule has 0 aliphatic carbocycles. The molecule has 0 unspecified atom stereocenters.